The number of unbranched alkanes of at least 4 members (excludes halogenated alkanes) is 20. The van der Waals surface area contributed by atoms with E-state index in [0.29, 0.717) is 12.8 Å². The third-order valence-electron chi connectivity index (χ3n) is 9.12. The maximum atomic E-state index is 12.8. The average Bonchev–Trinajstić information content (AvgIpc) is 3.09. The van der Waals surface area contributed by atoms with E-state index in [2.05, 4.69) is 43.5 Å². The number of phosphoric ester groups is 1. The Hall–Kier alpha value is -1.06. The summed E-state index contributed by atoms with van der Waals surface area (Å²) in [7, 11) is -4.37. The van der Waals surface area contributed by atoms with E-state index in [-0.39, 0.29) is 26.2 Å². The average molecular weight is 731 g/mol. The largest absolute Gasteiger partial charge is 0.472 e. The van der Waals surface area contributed by atoms with Crippen molar-refractivity contribution in [1.82, 2.24) is 5.32 Å². The summed E-state index contributed by atoms with van der Waals surface area (Å²) in [5.41, 5.74) is 5.35. The Labute approximate surface area is 307 Å². The highest BCUT2D eigenvalue weighted by Crippen LogP contribution is 2.43. The van der Waals surface area contributed by atoms with Gasteiger partial charge in [0.15, 0.2) is 0 Å². The highest BCUT2D eigenvalue weighted by atomic mass is 31.2. The maximum Gasteiger partial charge on any atom is 0.472 e. The molecule has 0 radical (unpaired) electrons. The minimum Gasteiger partial charge on any atom is -0.393 e. The lowest BCUT2D eigenvalue weighted by molar-refractivity contribution is -0.125. The van der Waals surface area contributed by atoms with Crippen LogP contribution >= 0.6 is 7.82 Å². The van der Waals surface area contributed by atoms with Crippen LogP contribution in [0.2, 0.25) is 0 Å². The molecule has 0 spiro atoms. The van der Waals surface area contributed by atoms with Crippen LogP contribution in [0.4, 0.5) is 0 Å². The van der Waals surface area contributed by atoms with Crippen LogP contribution in [-0.2, 0) is 18.4 Å². The van der Waals surface area contributed by atoms with E-state index in [1.54, 1.807) is 0 Å². The fourth-order valence-corrected chi connectivity index (χ4v) is 6.80. The fourth-order valence-electron chi connectivity index (χ4n) is 6.04. The van der Waals surface area contributed by atoms with Gasteiger partial charge in [-0.1, -0.05) is 167 Å². The van der Waals surface area contributed by atoms with E-state index < -0.39 is 32.0 Å². The van der Waals surface area contributed by atoms with E-state index in [0.717, 1.165) is 51.4 Å². The van der Waals surface area contributed by atoms with E-state index in [1.807, 2.05) is 0 Å². The summed E-state index contributed by atoms with van der Waals surface area (Å²) in [4.78, 5) is 22.7. The van der Waals surface area contributed by atoms with Gasteiger partial charge < -0.3 is 26.2 Å². The molecule has 0 aromatic carbocycles. The van der Waals surface area contributed by atoms with Crippen molar-refractivity contribution in [3.05, 3.63) is 24.3 Å². The van der Waals surface area contributed by atoms with Crippen LogP contribution in [0.15, 0.2) is 24.3 Å². The van der Waals surface area contributed by atoms with Gasteiger partial charge in [-0.2, -0.15) is 0 Å². The number of phosphoric acid groups is 1. The first-order valence-electron chi connectivity index (χ1n) is 20.5. The Morgan fingerprint density at radius 2 is 1.20 bits per heavy atom. The van der Waals surface area contributed by atoms with Crippen LogP contribution in [0, 0.1) is 0 Å². The molecule has 0 aliphatic heterocycles. The van der Waals surface area contributed by atoms with Crippen molar-refractivity contribution in [1.29, 1.82) is 0 Å². The summed E-state index contributed by atoms with van der Waals surface area (Å²) in [6.45, 7) is 3.91. The Morgan fingerprint density at radius 1 is 0.700 bits per heavy atom. The molecule has 0 bridgehead atoms. The Bertz CT molecular complexity index is 858. The molecule has 6 N–H and O–H groups in total. The number of nitrogens with one attached hydrogen (secondary N) is 1. The minimum absolute atomic E-state index is 0.0596. The molecular weight excluding hydrogens is 651 g/mol. The van der Waals surface area contributed by atoms with Crippen LogP contribution in [0.25, 0.3) is 0 Å². The molecule has 0 aliphatic rings. The van der Waals surface area contributed by atoms with Crippen LogP contribution in [0.3, 0.4) is 0 Å². The lowest BCUT2D eigenvalue weighted by Crippen LogP contribution is -2.47. The minimum atomic E-state index is -4.37. The zero-order chi connectivity index (χ0) is 37.0. The summed E-state index contributed by atoms with van der Waals surface area (Å²) in [6.07, 6.45) is 36.6. The number of amides is 1. The summed E-state index contributed by atoms with van der Waals surface area (Å²) in [5.74, 6) is -0.417. The number of hydrogen-bond donors (Lipinski definition) is 5. The topological polar surface area (TPSA) is 151 Å². The third kappa shape index (κ3) is 34.0. The summed E-state index contributed by atoms with van der Waals surface area (Å²) in [5, 5.41) is 24.1. The SMILES string of the molecule is CC/C=C\C/C=C\CCCCCCCCCCCCCCC(O)CC(=O)NC(COP(=O)(O)OCCN)C(O)CCCCCCCCCCC. The maximum absolute atomic E-state index is 12.8. The van der Waals surface area contributed by atoms with Gasteiger partial charge >= 0.3 is 7.82 Å². The second-order valence-corrected chi connectivity index (χ2v) is 15.5. The normalized spacial score (nSPS) is 15.1. The molecule has 0 aromatic heterocycles. The molecule has 0 saturated carbocycles. The van der Waals surface area contributed by atoms with Crippen LogP contribution in [-0.4, -0.2) is 59.0 Å². The van der Waals surface area contributed by atoms with Crippen molar-refractivity contribution >= 4 is 13.7 Å². The Balaban J connectivity index is 4.16. The molecule has 50 heavy (non-hydrogen) atoms. The molecule has 296 valence electrons. The van der Waals surface area contributed by atoms with Crippen molar-refractivity contribution in [2.75, 3.05) is 19.8 Å². The zero-order valence-corrected chi connectivity index (χ0v) is 33.1. The predicted octanol–water partition coefficient (Wildman–Crippen LogP) is 9.97. The van der Waals surface area contributed by atoms with Crippen molar-refractivity contribution in [3.63, 3.8) is 0 Å². The molecule has 4 atom stereocenters. The summed E-state index contributed by atoms with van der Waals surface area (Å²) in [6, 6.07) is -0.893. The smallest absolute Gasteiger partial charge is 0.393 e. The van der Waals surface area contributed by atoms with Crippen LogP contribution < -0.4 is 11.1 Å². The van der Waals surface area contributed by atoms with Crippen molar-refractivity contribution in [3.8, 4) is 0 Å². The highest BCUT2D eigenvalue weighted by Gasteiger charge is 2.28. The summed E-state index contributed by atoms with van der Waals surface area (Å²) >= 11 is 0. The van der Waals surface area contributed by atoms with Gasteiger partial charge in [0, 0.05) is 6.54 Å². The lowest BCUT2D eigenvalue weighted by atomic mass is 10.0. The number of aliphatic hydroxyl groups excluding tert-OH is 2. The first-order chi connectivity index (χ1) is 24.3. The molecule has 0 heterocycles. The standard InChI is InChI=1S/C40H79N2O7P/c1-3-5-7-9-11-13-14-15-16-17-18-19-20-21-22-24-25-27-29-31-37(43)35-40(45)42-38(36-49-50(46,47)48-34-33-41)39(44)32-30-28-26-23-12-10-8-6-4-2/h5,7,11,13,37-39,43-44H,3-4,6,8-10,12,14-36,41H2,1-2H3,(H,42,45)(H,46,47)/b7-5-,13-11-. The molecular formula is C40H79N2O7P. The van der Waals surface area contributed by atoms with Crippen LogP contribution in [0.5, 0.6) is 0 Å². The highest BCUT2D eigenvalue weighted by molar-refractivity contribution is 7.47. The molecule has 1 amide bonds. The molecule has 0 saturated heterocycles. The van der Waals surface area contributed by atoms with Crippen LogP contribution in [0.1, 0.15) is 187 Å². The summed E-state index contributed by atoms with van der Waals surface area (Å²) < 4.78 is 22.0. The van der Waals surface area contributed by atoms with Gasteiger partial charge in [0.1, 0.15) is 0 Å². The van der Waals surface area contributed by atoms with Gasteiger partial charge in [-0.05, 0) is 38.5 Å². The number of carbonyl (C=O) groups excluding carboxylic acids is 1. The van der Waals surface area contributed by atoms with E-state index in [9.17, 15) is 24.5 Å². The van der Waals surface area contributed by atoms with Gasteiger partial charge in [-0.3, -0.25) is 13.8 Å². The zero-order valence-electron chi connectivity index (χ0n) is 32.3. The predicted molar refractivity (Wildman–Crippen MR) is 209 cm³/mol. The second-order valence-electron chi connectivity index (χ2n) is 14.0. The monoisotopic (exact) mass is 731 g/mol. The number of carbonyl (C=O) groups is 1. The molecule has 0 fully saturated rings. The Morgan fingerprint density at radius 3 is 1.74 bits per heavy atom. The number of rotatable bonds is 38. The van der Waals surface area contributed by atoms with Crippen molar-refractivity contribution < 1.29 is 33.5 Å². The number of nitrogens with two attached hydrogens (primary N) is 1. The van der Waals surface area contributed by atoms with Gasteiger partial charge in [-0.25, -0.2) is 4.57 Å². The third-order valence-corrected chi connectivity index (χ3v) is 10.1. The van der Waals surface area contributed by atoms with E-state index in [4.69, 9.17) is 14.8 Å². The molecule has 10 heteroatoms. The first kappa shape index (κ1) is 48.9. The van der Waals surface area contributed by atoms with Gasteiger partial charge in [-0.15, -0.1) is 0 Å². The van der Waals surface area contributed by atoms with E-state index >= 15 is 0 Å². The van der Waals surface area contributed by atoms with Crippen molar-refractivity contribution in [2.24, 2.45) is 5.73 Å². The van der Waals surface area contributed by atoms with Gasteiger partial charge in [0.05, 0.1) is 37.9 Å². The number of hydrogen-bond acceptors (Lipinski definition) is 7. The molecule has 0 rings (SSSR count). The van der Waals surface area contributed by atoms with Gasteiger partial charge in [0.25, 0.3) is 0 Å². The molecule has 0 aromatic rings. The molecule has 0 aliphatic carbocycles. The lowest BCUT2D eigenvalue weighted by Gasteiger charge is -2.25. The second kappa shape index (κ2) is 36.3. The first-order valence-corrected chi connectivity index (χ1v) is 22.0. The van der Waals surface area contributed by atoms with Gasteiger partial charge in [0.2, 0.25) is 5.91 Å². The molecule has 9 nitrogen and oxygen atoms in total. The Kier molecular flexibility index (Phi) is 35.5. The number of aliphatic hydroxyl groups is 2. The quantitative estimate of drug-likeness (QED) is 0.0239. The van der Waals surface area contributed by atoms with E-state index in [1.165, 1.54) is 103 Å². The molecule has 4 unspecified atom stereocenters. The van der Waals surface area contributed by atoms with Crippen molar-refractivity contribution in [2.45, 2.75) is 205 Å². The number of allylic oxidation sites excluding steroid dienone is 4. The fraction of sp³-hybridized carbons (Fsp3) is 0.875.